The molecule has 140 valence electrons. The molecule has 0 atom stereocenters. The highest BCUT2D eigenvalue weighted by Crippen LogP contribution is 2.09. The number of nitrogens with zero attached hydrogens (tertiary/aromatic N) is 1. The molecule has 0 fully saturated rings. The number of aryl methyl sites for hydroxylation is 1. The fourth-order valence-corrected chi connectivity index (χ4v) is 3.51. The number of sulfone groups is 1. The Morgan fingerprint density at radius 2 is 1.50 bits per heavy atom. The Bertz CT molecular complexity index is 844. The van der Waals surface area contributed by atoms with Crippen LogP contribution in [-0.2, 0) is 35.1 Å². The maximum Gasteiger partial charge on any atom is 0.191 e. The molecule has 2 rings (SSSR count). The first-order valence-electron chi connectivity index (χ1n) is 8.68. The molecule has 0 saturated carbocycles. The van der Waals surface area contributed by atoms with E-state index in [4.69, 9.17) is 0 Å². The maximum absolute atomic E-state index is 11.3. The Morgan fingerprint density at radius 1 is 0.923 bits per heavy atom. The van der Waals surface area contributed by atoms with E-state index in [1.165, 1.54) is 17.4 Å². The topological polar surface area (TPSA) is 70.6 Å². The summed E-state index contributed by atoms with van der Waals surface area (Å²) in [5.41, 5.74) is 4.47. The van der Waals surface area contributed by atoms with Gasteiger partial charge in [-0.2, -0.15) is 0 Å². The molecule has 6 heteroatoms. The normalized spacial score (nSPS) is 12.0. The number of nitrogens with one attached hydrogen (secondary N) is 2. The van der Waals surface area contributed by atoms with Crippen molar-refractivity contribution in [1.82, 2.24) is 10.6 Å². The third-order valence-corrected chi connectivity index (χ3v) is 4.94. The van der Waals surface area contributed by atoms with Crippen LogP contribution in [0.2, 0.25) is 0 Å². The lowest BCUT2D eigenvalue weighted by Gasteiger charge is -2.14. The summed E-state index contributed by atoms with van der Waals surface area (Å²) in [7, 11) is -1.26. The molecule has 5 nitrogen and oxygen atoms in total. The lowest BCUT2D eigenvalue weighted by molar-refractivity contribution is 0.601. The molecule has 0 aliphatic carbocycles. The smallest absolute Gasteiger partial charge is 0.191 e. The van der Waals surface area contributed by atoms with E-state index in [0.717, 1.165) is 30.1 Å². The second kappa shape index (κ2) is 9.38. The Morgan fingerprint density at radius 3 is 2.08 bits per heavy atom. The van der Waals surface area contributed by atoms with Crippen LogP contribution in [0.1, 0.15) is 29.2 Å². The molecule has 0 unspecified atom stereocenters. The molecule has 0 aromatic heterocycles. The molecule has 0 heterocycles. The number of hydrogen-bond acceptors (Lipinski definition) is 3. The van der Waals surface area contributed by atoms with Crippen molar-refractivity contribution in [3.63, 3.8) is 0 Å². The molecule has 0 bridgehead atoms. The van der Waals surface area contributed by atoms with Crippen LogP contribution in [0.3, 0.4) is 0 Å². The summed E-state index contributed by atoms with van der Waals surface area (Å²) in [6.07, 6.45) is 2.25. The summed E-state index contributed by atoms with van der Waals surface area (Å²) in [5.74, 6) is 0.803. The predicted octanol–water partition coefficient (Wildman–Crippen LogP) is 2.66. The third kappa shape index (κ3) is 6.52. The standard InChI is InChI=1S/C20H27N3O2S/c1-4-18-7-5-6-8-19(18)14-23-20(21-2)22-13-16-9-11-17(12-10-16)15-26(3,24)25/h5-12H,4,13-15H2,1-3H3,(H2,21,22,23). The molecular formula is C20H27N3O2S. The van der Waals surface area contributed by atoms with Gasteiger partial charge in [-0.3, -0.25) is 4.99 Å². The summed E-state index contributed by atoms with van der Waals surface area (Å²) < 4.78 is 22.7. The highest BCUT2D eigenvalue weighted by atomic mass is 32.2. The Hall–Kier alpha value is -2.34. The van der Waals surface area contributed by atoms with Crippen LogP contribution >= 0.6 is 0 Å². The zero-order valence-electron chi connectivity index (χ0n) is 15.6. The average Bonchev–Trinajstić information content (AvgIpc) is 2.62. The lowest BCUT2D eigenvalue weighted by Crippen LogP contribution is -2.36. The maximum atomic E-state index is 11.3. The summed E-state index contributed by atoms with van der Waals surface area (Å²) in [6, 6.07) is 16.0. The largest absolute Gasteiger partial charge is 0.352 e. The minimum Gasteiger partial charge on any atom is -0.352 e. The van der Waals surface area contributed by atoms with Crippen molar-refractivity contribution in [2.75, 3.05) is 13.3 Å². The predicted molar refractivity (Wildman–Crippen MR) is 108 cm³/mol. The first-order valence-corrected chi connectivity index (χ1v) is 10.7. The monoisotopic (exact) mass is 373 g/mol. The fourth-order valence-electron chi connectivity index (χ4n) is 2.72. The van der Waals surface area contributed by atoms with Crippen LogP contribution in [0.5, 0.6) is 0 Å². The molecular weight excluding hydrogens is 346 g/mol. The minimum absolute atomic E-state index is 0.0702. The van der Waals surface area contributed by atoms with Crippen LogP contribution < -0.4 is 10.6 Å². The van der Waals surface area contributed by atoms with Crippen molar-refractivity contribution in [2.45, 2.75) is 32.2 Å². The van der Waals surface area contributed by atoms with Crippen molar-refractivity contribution in [2.24, 2.45) is 4.99 Å². The number of rotatable bonds is 7. The summed E-state index contributed by atoms with van der Waals surface area (Å²) in [5, 5.41) is 6.61. The van der Waals surface area contributed by atoms with E-state index in [-0.39, 0.29) is 5.75 Å². The second-order valence-electron chi connectivity index (χ2n) is 6.29. The van der Waals surface area contributed by atoms with Crippen LogP contribution in [0.25, 0.3) is 0 Å². The van der Waals surface area contributed by atoms with Gasteiger partial charge in [-0.05, 0) is 28.7 Å². The van der Waals surface area contributed by atoms with Crippen molar-refractivity contribution in [3.05, 3.63) is 70.8 Å². The molecule has 0 radical (unpaired) electrons. The number of benzene rings is 2. The van der Waals surface area contributed by atoms with Gasteiger partial charge in [0.1, 0.15) is 0 Å². The van der Waals surface area contributed by atoms with E-state index in [9.17, 15) is 8.42 Å². The van der Waals surface area contributed by atoms with Crippen LogP contribution in [0, 0.1) is 0 Å². The molecule has 0 aliphatic heterocycles. The molecule has 0 spiro atoms. The summed E-state index contributed by atoms with van der Waals surface area (Å²) in [4.78, 5) is 4.25. The van der Waals surface area contributed by atoms with Gasteiger partial charge in [-0.25, -0.2) is 8.42 Å². The van der Waals surface area contributed by atoms with E-state index in [1.807, 2.05) is 30.3 Å². The van der Waals surface area contributed by atoms with Gasteiger partial charge in [0.05, 0.1) is 5.75 Å². The van der Waals surface area contributed by atoms with E-state index >= 15 is 0 Å². The fraction of sp³-hybridized carbons (Fsp3) is 0.350. The lowest BCUT2D eigenvalue weighted by atomic mass is 10.1. The highest BCUT2D eigenvalue weighted by molar-refractivity contribution is 7.89. The molecule has 2 aromatic rings. The van der Waals surface area contributed by atoms with Crippen molar-refractivity contribution in [3.8, 4) is 0 Å². The SMILES string of the molecule is CCc1ccccc1CNC(=NC)NCc1ccc(CS(C)(=O)=O)cc1. The van der Waals surface area contributed by atoms with Gasteiger partial charge < -0.3 is 10.6 Å². The quantitative estimate of drug-likeness (QED) is 0.578. The Labute approximate surface area is 156 Å². The number of guanidine groups is 1. The van der Waals surface area contributed by atoms with Gasteiger partial charge in [0, 0.05) is 26.4 Å². The van der Waals surface area contributed by atoms with Gasteiger partial charge in [-0.1, -0.05) is 55.5 Å². The number of hydrogen-bond donors (Lipinski definition) is 2. The molecule has 0 saturated heterocycles. The van der Waals surface area contributed by atoms with Gasteiger partial charge in [-0.15, -0.1) is 0 Å². The van der Waals surface area contributed by atoms with E-state index < -0.39 is 9.84 Å². The van der Waals surface area contributed by atoms with E-state index in [0.29, 0.717) is 6.54 Å². The summed E-state index contributed by atoms with van der Waals surface area (Å²) >= 11 is 0. The first-order chi connectivity index (χ1) is 12.4. The third-order valence-electron chi connectivity index (χ3n) is 4.08. The zero-order chi connectivity index (χ0) is 19.0. The van der Waals surface area contributed by atoms with Crippen LogP contribution in [0.4, 0.5) is 0 Å². The van der Waals surface area contributed by atoms with E-state index in [1.54, 1.807) is 7.05 Å². The Balaban J connectivity index is 1.88. The zero-order valence-corrected chi connectivity index (χ0v) is 16.4. The van der Waals surface area contributed by atoms with Gasteiger partial charge in [0.2, 0.25) is 0 Å². The van der Waals surface area contributed by atoms with Gasteiger partial charge >= 0.3 is 0 Å². The molecule has 2 aromatic carbocycles. The van der Waals surface area contributed by atoms with Crippen LogP contribution in [0.15, 0.2) is 53.5 Å². The molecule has 0 aliphatic rings. The van der Waals surface area contributed by atoms with Gasteiger partial charge in [0.15, 0.2) is 15.8 Å². The van der Waals surface area contributed by atoms with Crippen molar-refractivity contribution in [1.29, 1.82) is 0 Å². The van der Waals surface area contributed by atoms with Crippen LogP contribution in [-0.4, -0.2) is 27.7 Å². The van der Waals surface area contributed by atoms with E-state index in [2.05, 4.69) is 40.7 Å². The molecule has 0 amide bonds. The molecule has 2 N–H and O–H groups in total. The second-order valence-corrected chi connectivity index (χ2v) is 8.43. The van der Waals surface area contributed by atoms with Crippen molar-refractivity contribution < 1.29 is 8.42 Å². The Kier molecular flexibility index (Phi) is 7.21. The minimum atomic E-state index is -3.00. The van der Waals surface area contributed by atoms with Crippen molar-refractivity contribution >= 4 is 15.8 Å². The van der Waals surface area contributed by atoms with Gasteiger partial charge in [0.25, 0.3) is 0 Å². The highest BCUT2D eigenvalue weighted by Gasteiger charge is 2.05. The summed E-state index contributed by atoms with van der Waals surface area (Å²) in [6.45, 7) is 3.49. The number of aliphatic imine (C=N–C) groups is 1. The molecule has 26 heavy (non-hydrogen) atoms. The average molecular weight is 374 g/mol. The first kappa shape index (κ1) is 20.0.